The van der Waals surface area contributed by atoms with Crippen molar-refractivity contribution in [2.75, 3.05) is 0 Å². The SMILES string of the molecule is c1ccc(-c2nc3cc(-c4cc5sc6cc7ccccc7cc6c5cc4-n4c5ccccc5c5cc6c(cc54)oc4ccccc46)ccc3o2)cc1. The van der Waals surface area contributed by atoms with Crippen molar-refractivity contribution in [1.82, 2.24) is 9.55 Å². The fraction of sp³-hybridized carbons (Fsp3) is 0. The predicted molar refractivity (Wildman–Crippen MR) is 217 cm³/mol. The lowest BCUT2D eigenvalue weighted by molar-refractivity contribution is 0.620. The molecule has 242 valence electrons. The molecule has 0 spiro atoms. The molecule has 0 saturated heterocycles. The average Bonchev–Trinajstić information content (AvgIpc) is 3.95. The lowest BCUT2D eigenvalue weighted by atomic mass is 9.99. The summed E-state index contributed by atoms with van der Waals surface area (Å²) in [6.45, 7) is 0. The molecule has 0 radical (unpaired) electrons. The highest BCUT2D eigenvalue weighted by molar-refractivity contribution is 7.26. The number of oxazole rings is 1. The summed E-state index contributed by atoms with van der Waals surface area (Å²) < 4.78 is 17.7. The number of aromatic nitrogens is 2. The number of thiophene rings is 1. The first-order chi connectivity index (χ1) is 25.7. The normalized spacial score (nSPS) is 12.2. The fourth-order valence-electron chi connectivity index (χ4n) is 8.16. The Hall–Kier alpha value is -6.69. The lowest BCUT2D eigenvalue weighted by Crippen LogP contribution is -1.97. The molecule has 4 heterocycles. The van der Waals surface area contributed by atoms with Crippen molar-refractivity contribution in [2.45, 2.75) is 0 Å². The maximum Gasteiger partial charge on any atom is 0.227 e. The zero-order valence-electron chi connectivity index (χ0n) is 27.6. The summed E-state index contributed by atoms with van der Waals surface area (Å²) >= 11 is 1.85. The van der Waals surface area contributed by atoms with Crippen LogP contribution in [-0.4, -0.2) is 9.55 Å². The monoisotopic (exact) mass is 682 g/mol. The minimum absolute atomic E-state index is 0.622. The quantitative estimate of drug-likeness (QED) is 0.186. The van der Waals surface area contributed by atoms with Gasteiger partial charge in [0.25, 0.3) is 0 Å². The molecular formula is C47H26N2O2S. The number of furan rings is 1. The maximum atomic E-state index is 6.48. The molecule has 0 atom stereocenters. The highest BCUT2D eigenvalue weighted by Crippen LogP contribution is 2.45. The second-order valence-electron chi connectivity index (χ2n) is 13.5. The van der Waals surface area contributed by atoms with E-state index in [9.17, 15) is 0 Å². The van der Waals surface area contributed by atoms with Crippen molar-refractivity contribution in [3.63, 3.8) is 0 Å². The van der Waals surface area contributed by atoms with Gasteiger partial charge < -0.3 is 13.4 Å². The van der Waals surface area contributed by atoms with Gasteiger partial charge >= 0.3 is 0 Å². The molecule has 0 aliphatic rings. The zero-order chi connectivity index (χ0) is 33.9. The summed E-state index contributed by atoms with van der Waals surface area (Å²) in [6, 6.07) is 56.1. The van der Waals surface area contributed by atoms with Gasteiger partial charge in [-0.25, -0.2) is 4.98 Å². The van der Waals surface area contributed by atoms with Crippen LogP contribution in [0.4, 0.5) is 0 Å². The molecule has 0 aliphatic heterocycles. The van der Waals surface area contributed by atoms with Gasteiger partial charge in [-0.15, -0.1) is 11.3 Å². The van der Waals surface area contributed by atoms with E-state index in [4.69, 9.17) is 13.8 Å². The first-order valence-corrected chi connectivity index (χ1v) is 18.3. The molecule has 0 bridgehead atoms. The zero-order valence-corrected chi connectivity index (χ0v) is 28.4. The third-order valence-corrected chi connectivity index (χ3v) is 11.7. The van der Waals surface area contributed by atoms with Gasteiger partial charge in [-0.1, -0.05) is 84.9 Å². The Labute approximate surface area is 300 Å². The van der Waals surface area contributed by atoms with Gasteiger partial charge in [0, 0.05) is 58.9 Å². The van der Waals surface area contributed by atoms with Gasteiger partial charge in [-0.2, -0.15) is 0 Å². The van der Waals surface area contributed by atoms with Crippen molar-refractivity contribution in [3.05, 3.63) is 158 Å². The Bertz CT molecular complexity index is 3420. The first-order valence-electron chi connectivity index (χ1n) is 17.4. The van der Waals surface area contributed by atoms with Gasteiger partial charge in [0.15, 0.2) is 5.58 Å². The van der Waals surface area contributed by atoms with Crippen molar-refractivity contribution in [3.8, 4) is 28.3 Å². The molecule has 5 heteroatoms. The van der Waals surface area contributed by atoms with Crippen molar-refractivity contribution < 1.29 is 8.83 Å². The molecule has 0 amide bonds. The summed E-state index contributed by atoms with van der Waals surface area (Å²) in [5, 5.41) is 9.67. The Kier molecular flexibility index (Phi) is 5.62. The first kappa shape index (κ1) is 28.1. The molecule has 0 aliphatic carbocycles. The average molecular weight is 683 g/mol. The number of benzene rings is 8. The molecule has 4 aromatic heterocycles. The number of hydrogen-bond donors (Lipinski definition) is 0. The minimum Gasteiger partial charge on any atom is -0.456 e. The van der Waals surface area contributed by atoms with Crippen LogP contribution >= 0.6 is 11.3 Å². The molecule has 0 fully saturated rings. The van der Waals surface area contributed by atoms with Crippen LogP contribution in [0.25, 0.3) is 114 Å². The molecule has 8 aromatic carbocycles. The van der Waals surface area contributed by atoms with E-state index in [2.05, 4.69) is 120 Å². The van der Waals surface area contributed by atoms with Crippen LogP contribution < -0.4 is 0 Å². The van der Waals surface area contributed by atoms with E-state index < -0.39 is 0 Å². The fourth-order valence-corrected chi connectivity index (χ4v) is 9.32. The second-order valence-corrected chi connectivity index (χ2v) is 14.6. The van der Waals surface area contributed by atoms with Crippen LogP contribution in [0.1, 0.15) is 0 Å². The summed E-state index contributed by atoms with van der Waals surface area (Å²) in [5.41, 5.74) is 9.90. The van der Waals surface area contributed by atoms with Gasteiger partial charge in [-0.05, 0) is 83.1 Å². The third-order valence-electron chi connectivity index (χ3n) is 10.6. The molecule has 12 rings (SSSR count). The standard InChI is InChI=1S/C47H26N2O2S/c1-2-10-27(11-3-1)47-48-38-21-30(18-19-43(38)51-47)33-25-46-37(36-20-28-12-4-5-13-29(28)22-45(36)52-46)24-40(33)49-39-16-8-6-14-31(39)34-23-35-32-15-7-9-17-42(32)50-44(35)26-41(34)49/h1-26H. The predicted octanol–water partition coefficient (Wildman–Crippen LogP) is 13.7. The highest BCUT2D eigenvalue weighted by atomic mass is 32.1. The van der Waals surface area contributed by atoms with Crippen LogP contribution in [0.2, 0.25) is 0 Å². The van der Waals surface area contributed by atoms with Gasteiger partial charge in [-0.3, -0.25) is 0 Å². The van der Waals surface area contributed by atoms with Crippen molar-refractivity contribution in [2.24, 2.45) is 0 Å². The topological polar surface area (TPSA) is 44.1 Å². The molecule has 0 unspecified atom stereocenters. The van der Waals surface area contributed by atoms with E-state index in [0.29, 0.717) is 5.89 Å². The van der Waals surface area contributed by atoms with E-state index >= 15 is 0 Å². The smallest absolute Gasteiger partial charge is 0.227 e. The molecular weight excluding hydrogens is 657 g/mol. The van der Waals surface area contributed by atoms with Crippen molar-refractivity contribution in [1.29, 1.82) is 0 Å². The summed E-state index contributed by atoms with van der Waals surface area (Å²) in [7, 11) is 0. The Balaban J connectivity index is 1.19. The van der Waals surface area contributed by atoms with Crippen molar-refractivity contribution >= 4 is 97.1 Å². The van der Waals surface area contributed by atoms with E-state index in [1.165, 1.54) is 41.7 Å². The molecule has 12 aromatic rings. The highest BCUT2D eigenvalue weighted by Gasteiger charge is 2.21. The van der Waals surface area contributed by atoms with E-state index in [-0.39, 0.29) is 0 Å². The lowest BCUT2D eigenvalue weighted by Gasteiger charge is -2.15. The van der Waals surface area contributed by atoms with E-state index in [1.807, 2.05) is 53.8 Å². The van der Waals surface area contributed by atoms with Crippen LogP contribution in [0.15, 0.2) is 167 Å². The van der Waals surface area contributed by atoms with Gasteiger partial charge in [0.05, 0.1) is 16.7 Å². The van der Waals surface area contributed by atoms with Gasteiger partial charge in [0.1, 0.15) is 16.7 Å². The Morgan fingerprint density at radius 1 is 0.442 bits per heavy atom. The number of rotatable bonds is 3. The van der Waals surface area contributed by atoms with Crippen LogP contribution in [-0.2, 0) is 0 Å². The summed E-state index contributed by atoms with van der Waals surface area (Å²) in [4.78, 5) is 4.96. The summed E-state index contributed by atoms with van der Waals surface area (Å²) in [5.74, 6) is 0.622. The second kappa shape index (κ2) is 10.4. The van der Waals surface area contributed by atoms with Crippen LogP contribution in [0.5, 0.6) is 0 Å². The minimum atomic E-state index is 0.622. The maximum absolute atomic E-state index is 6.48. The van der Waals surface area contributed by atoms with E-state index in [1.54, 1.807) is 0 Å². The summed E-state index contributed by atoms with van der Waals surface area (Å²) in [6.07, 6.45) is 0. The molecule has 4 nitrogen and oxygen atoms in total. The van der Waals surface area contributed by atoms with Crippen LogP contribution in [0, 0.1) is 0 Å². The number of hydrogen-bond acceptors (Lipinski definition) is 4. The Morgan fingerprint density at radius 3 is 2.10 bits per heavy atom. The Morgan fingerprint density at radius 2 is 1.19 bits per heavy atom. The molecule has 0 saturated carbocycles. The number of nitrogens with zero attached hydrogens (tertiary/aromatic N) is 2. The number of para-hydroxylation sites is 2. The van der Waals surface area contributed by atoms with Crippen LogP contribution in [0.3, 0.4) is 0 Å². The van der Waals surface area contributed by atoms with Gasteiger partial charge in [0.2, 0.25) is 5.89 Å². The molecule has 0 N–H and O–H groups in total. The third kappa shape index (κ3) is 3.99. The van der Waals surface area contributed by atoms with E-state index in [0.717, 1.165) is 66.4 Å². The molecule has 52 heavy (non-hydrogen) atoms. The largest absolute Gasteiger partial charge is 0.456 e. The number of fused-ring (bicyclic) bond motifs is 11.